The number of carbonyl (C=O) groups is 1. The fourth-order valence-corrected chi connectivity index (χ4v) is 1.81. The Morgan fingerprint density at radius 2 is 2.07 bits per heavy atom. The van der Waals surface area contributed by atoms with E-state index in [0.717, 1.165) is 19.3 Å². The molecule has 1 fully saturated rings. The molecule has 3 N–H and O–H groups in total. The summed E-state index contributed by atoms with van der Waals surface area (Å²) in [7, 11) is 0. The van der Waals surface area contributed by atoms with Crippen LogP contribution in [-0.2, 0) is 9.53 Å². The third-order valence-electron chi connectivity index (χ3n) is 2.98. The zero-order valence-electron chi connectivity index (χ0n) is 9.75. The van der Waals surface area contributed by atoms with Gasteiger partial charge >= 0.3 is 5.97 Å². The highest BCUT2D eigenvalue weighted by Crippen LogP contribution is 2.43. The number of esters is 1. The maximum absolute atomic E-state index is 11.7. The van der Waals surface area contributed by atoms with E-state index in [0.29, 0.717) is 0 Å². The molecule has 0 aliphatic heterocycles. The van der Waals surface area contributed by atoms with Crippen LogP contribution in [0.4, 0.5) is 0 Å². The van der Waals surface area contributed by atoms with Gasteiger partial charge in [0.05, 0.1) is 6.61 Å². The Balaban J connectivity index is 2.60. The molecule has 1 atom stereocenters. The first-order valence-electron chi connectivity index (χ1n) is 5.40. The number of hydrogen-bond acceptors (Lipinski definition) is 4. The van der Waals surface area contributed by atoms with Crippen LogP contribution in [0.25, 0.3) is 0 Å². The summed E-state index contributed by atoms with van der Waals surface area (Å²) >= 11 is 0. The van der Waals surface area contributed by atoms with Crippen LogP contribution in [0.5, 0.6) is 0 Å². The standard InChI is InChI=1S/C11H21NO3/c1-10(2,3)15-9(14)8(12)11(7-13)5-4-6-11/h8,13H,4-7,12H2,1-3H3. The first-order valence-corrected chi connectivity index (χ1v) is 5.40. The third-order valence-corrected chi connectivity index (χ3v) is 2.98. The summed E-state index contributed by atoms with van der Waals surface area (Å²) in [6.07, 6.45) is 2.64. The van der Waals surface area contributed by atoms with E-state index in [1.54, 1.807) is 0 Å². The van der Waals surface area contributed by atoms with E-state index < -0.39 is 23.0 Å². The molecule has 4 nitrogen and oxygen atoms in total. The van der Waals surface area contributed by atoms with Crippen molar-refractivity contribution in [1.29, 1.82) is 0 Å². The smallest absolute Gasteiger partial charge is 0.324 e. The van der Waals surface area contributed by atoms with Gasteiger partial charge in [0, 0.05) is 5.41 Å². The molecular weight excluding hydrogens is 194 g/mol. The minimum absolute atomic E-state index is 0.0343. The first kappa shape index (κ1) is 12.5. The molecule has 0 spiro atoms. The molecule has 0 aromatic carbocycles. The number of aliphatic hydroxyl groups is 1. The summed E-state index contributed by atoms with van der Waals surface area (Å²) in [6.45, 7) is 5.39. The Kier molecular flexibility index (Phi) is 3.41. The maximum atomic E-state index is 11.7. The molecule has 0 aromatic heterocycles. The number of nitrogens with two attached hydrogens (primary N) is 1. The van der Waals surface area contributed by atoms with Crippen molar-refractivity contribution in [2.75, 3.05) is 6.61 Å². The van der Waals surface area contributed by atoms with Gasteiger partial charge in [-0.2, -0.15) is 0 Å². The fourth-order valence-electron chi connectivity index (χ4n) is 1.81. The predicted octanol–water partition coefficient (Wildman–Crippen LogP) is 0.818. The Morgan fingerprint density at radius 1 is 1.53 bits per heavy atom. The van der Waals surface area contributed by atoms with Crippen molar-refractivity contribution in [3.05, 3.63) is 0 Å². The molecule has 0 bridgehead atoms. The van der Waals surface area contributed by atoms with E-state index >= 15 is 0 Å². The van der Waals surface area contributed by atoms with Crippen LogP contribution in [-0.4, -0.2) is 29.3 Å². The lowest BCUT2D eigenvalue weighted by atomic mass is 9.65. The molecule has 1 rings (SSSR count). The molecule has 0 radical (unpaired) electrons. The molecule has 1 unspecified atom stereocenters. The van der Waals surface area contributed by atoms with Gasteiger partial charge in [0.1, 0.15) is 11.6 Å². The summed E-state index contributed by atoms with van der Waals surface area (Å²) in [5.74, 6) is -0.406. The topological polar surface area (TPSA) is 72.5 Å². The highest BCUT2D eigenvalue weighted by atomic mass is 16.6. The van der Waals surface area contributed by atoms with Crippen molar-refractivity contribution < 1.29 is 14.6 Å². The second-order valence-corrected chi connectivity index (χ2v) is 5.39. The zero-order chi connectivity index (χ0) is 11.7. The fraction of sp³-hybridized carbons (Fsp3) is 0.909. The van der Waals surface area contributed by atoms with Gasteiger partial charge in [0.2, 0.25) is 0 Å². The molecule has 0 saturated heterocycles. The molecule has 0 amide bonds. The molecule has 15 heavy (non-hydrogen) atoms. The maximum Gasteiger partial charge on any atom is 0.324 e. The van der Waals surface area contributed by atoms with Crippen molar-refractivity contribution in [3.8, 4) is 0 Å². The monoisotopic (exact) mass is 215 g/mol. The average Bonchev–Trinajstić information content (AvgIpc) is 1.99. The highest BCUT2D eigenvalue weighted by molar-refractivity contribution is 5.77. The normalized spacial score (nSPS) is 21.7. The second kappa shape index (κ2) is 4.10. The molecule has 4 heteroatoms. The van der Waals surface area contributed by atoms with Crippen molar-refractivity contribution in [3.63, 3.8) is 0 Å². The minimum atomic E-state index is -0.699. The van der Waals surface area contributed by atoms with Crippen molar-refractivity contribution in [1.82, 2.24) is 0 Å². The van der Waals surface area contributed by atoms with Gasteiger partial charge < -0.3 is 15.6 Å². The van der Waals surface area contributed by atoms with Gasteiger partial charge in [-0.1, -0.05) is 6.42 Å². The van der Waals surface area contributed by atoms with Gasteiger partial charge in [-0.3, -0.25) is 4.79 Å². The van der Waals surface area contributed by atoms with E-state index in [1.165, 1.54) is 0 Å². The van der Waals surface area contributed by atoms with Crippen LogP contribution in [0.15, 0.2) is 0 Å². The highest BCUT2D eigenvalue weighted by Gasteiger charge is 2.46. The number of carbonyl (C=O) groups excluding carboxylic acids is 1. The lowest BCUT2D eigenvalue weighted by Gasteiger charge is -2.44. The lowest BCUT2D eigenvalue weighted by molar-refractivity contribution is -0.163. The summed E-state index contributed by atoms with van der Waals surface area (Å²) in [4.78, 5) is 11.7. The van der Waals surface area contributed by atoms with Gasteiger partial charge in [0.25, 0.3) is 0 Å². The van der Waals surface area contributed by atoms with Gasteiger partial charge in [-0.05, 0) is 33.6 Å². The largest absolute Gasteiger partial charge is 0.459 e. The minimum Gasteiger partial charge on any atom is -0.459 e. The molecule has 88 valence electrons. The summed E-state index contributed by atoms with van der Waals surface area (Å²) in [5, 5.41) is 9.27. The van der Waals surface area contributed by atoms with E-state index in [4.69, 9.17) is 10.5 Å². The lowest BCUT2D eigenvalue weighted by Crippen LogP contribution is -2.55. The molecular formula is C11H21NO3. The Morgan fingerprint density at radius 3 is 2.33 bits per heavy atom. The summed E-state index contributed by atoms with van der Waals surface area (Å²) in [5.41, 5.74) is 4.89. The zero-order valence-corrected chi connectivity index (χ0v) is 9.75. The Labute approximate surface area is 90.8 Å². The van der Waals surface area contributed by atoms with Crippen LogP contribution < -0.4 is 5.73 Å². The molecule has 1 aliphatic carbocycles. The number of hydrogen-bond donors (Lipinski definition) is 2. The van der Waals surface area contributed by atoms with Gasteiger partial charge in [-0.25, -0.2) is 0 Å². The van der Waals surface area contributed by atoms with Crippen molar-refractivity contribution in [2.45, 2.75) is 51.7 Å². The van der Waals surface area contributed by atoms with Gasteiger partial charge in [-0.15, -0.1) is 0 Å². The van der Waals surface area contributed by atoms with Crippen LogP contribution in [0, 0.1) is 5.41 Å². The van der Waals surface area contributed by atoms with Crippen molar-refractivity contribution in [2.24, 2.45) is 11.1 Å². The Bertz CT molecular complexity index is 235. The van der Waals surface area contributed by atoms with Crippen LogP contribution in [0.2, 0.25) is 0 Å². The summed E-state index contributed by atoms with van der Waals surface area (Å²) in [6, 6.07) is -0.699. The molecule has 1 aliphatic rings. The van der Waals surface area contributed by atoms with Crippen LogP contribution in [0.1, 0.15) is 40.0 Å². The molecule has 0 aromatic rings. The van der Waals surface area contributed by atoms with Crippen LogP contribution in [0.3, 0.4) is 0 Å². The van der Waals surface area contributed by atoms with Crippen LogP contribution >= 0.6 is 0 Å². The first-order chi connectivity index (χ1) is 6.81. The quantitative estimate of drug-likeness (QED) is 0.684. The number of ether oxygens (including phenoxy) is 1. The summed E-state index contributed by atoms with van der Waals surface area (Å²) < 4.78 is 5.21. The number of aliphatic hydroxyl groups excluding tert-OH is 1. The van der Waals surface area contributed by atoms with Gasteiger partial charge in [0.15, 0.2) is 0 Å². The van der Waals surface area contributed by atoms with E-state index in [9.17, 15) is 9.90 Å². The van der Waals surface area contributed by atoms with E-state index in [2.05, 4.69) is 0 Å². The molecule has 0 heterocycles. The Hall–Kier alpha value is -0.610. The van der Waals surface area contributed by atoms with E-state index in [-0.39, 0.29) is 6.61 Å². The van der Waals surface area contributed by atoms with E-state index in [1.807, 2.05) is 20.8 Å². The average molecular weight is 215 g/mol. The van der Waals surface area contributed by atoms with Crippen molar-refractivity contribution >= 4 is 5.97 Å². The third kappa shape index (κ3) is 2.69. The molecule has 1 saturated carbocycles. The number of rotatable bonds is 3. The second-order valence-electron chi connectivity index (χ2n) is 5.39. The predicted molar refractivity (Wildman–Crippen MR) is 57.2 cm³/mol. The SMILES string of the molecule is CC(C)(C)OC(=O)C(N)C1(CO)CCC1.